The Hall–Kier alpha value is -1.51. The van der Waals surface area contributed by atoms with Crippen molar-refractivity contribution in [3.05, 3.63) is 65.2 Å². The maximum atomic E-state index is 5.92. The molecule has 0 atom stereocenters. The van der Waals surface area contributed by atoms with Crippen LogP contribution in [0.4, 0.5) is 5.69 Å². The Morgan fingerprint density at radius 2 is 1.63 bits per heavy atom. The molecule has 100 valence electrons. The summed E-state index contributed by atoms with van der Waals surface area (Å²) >= 11 is 5.92. The molecule has 0 bridgehead atoms. The summed E-state index contributed by atoms with van der Waals surface area (Å²) in [5.74, 6) is 0. The van der Waals surface area contributed by atoms with Gasteiger partial charge in [-0.3, -0.25) is 0 Å². The largest absolute Gasteiger partial charge is 0.367 e. The first-order chi connectivity index (χ1) is 9.29. The summed E-state index contributed by atoms with van der Waals surface area (Å²) in [6.45, 7) is 2.55. The van der Waals surface area contributed by atoms with Crippen molar-refractivity contribution in [1.29, 1.82) is 0 Å². The lowest BCUT2D eigenvalue weighted by molar-refractivity contribution is 0.736. The van der Waals surface area contributed by atoms with E-state index in [2.05, 4.69) is 41.3 Å². The lowest BCUT2D eigenvalue weighted by atomic mass is 10.2. The summed E-state index contributed by atoms with van der Waals surface area (Å²) in [4.78, 5) is 2.34. The highest BCUT2D eigenvalue weighted by atomic mass is 35.5. The first-order valence-electron chi connectivity index (χ1n) is 6.54. The number of anilines is 1. The Kier molecular flexibility index (Phi) is 5.25. The van der Waals surface area contributed by atoms with Crippen molar-refractivity contribution in [2.45, 2.75) is 13.0 Å². The molecule has 2 aromatic carbocycles. The molecule has 0 amide bonds. The number of benzene rings is 2. The number of hydrogen-bond acceptors (Lipinski definition) is 2. The number of nitrogens with zero attached hydrogens (tertiary/aromatic N) is 1. The van der Waals surface area contributed by atoms with E-state index in [4.69, 9.17) is 17.3 Å². The minimum atomic E-state index is 0.712. The second kappa shape index (κ2) is 7.17. The number of hydrogen-bond donors (Lipinski definition) is 1. The molecule has 0 fully saturated rings. The number of halogens is 1. The van der Waals surface area contributed by atoms with Gasteiger partial charge in [0.1, 0.15) is 0 Å². The maximum Gasteiger partial charge on any atom is 0.0429 e. The predicted molar refractivity (Wildman–Crippen MR) is 82.6 cm³/mol. The third kappa shape index (κ3) is 4.27. The molecule has 3 heteroatoms. The van der Waals surface area contributed by atoms with E-state index in [1.807, 2.05) is 18.2 Å². The standard InChI is InChI=1S/C16H19ClN2/c17-15-9-7-14(8-10-15)13-19(12-4-11-18)16-5-2-1-3-6-16/h1-3,5-10H,4,11-13,18H2. The second-order valence-corrected chi connectivity index (χ2v) is 4.96. The molecule has 0 saturated heterocycles. The first kappa shape index (κ1) is 13.9. The topological polar surface area (TPSA) is 29.3 Å². The Morgan fingerprint density at radius 1 is 0.947 bits per heavy atom. The monoisotopic (exact) mass is 274 g/mol. The zero-order chi connectivity index (χ0) is 13.5. The van der Waals surface area contributed by atoms with Crippen LogP contribution in [0.15, 0.2) is 54.6 Å². The van der Waals surface area contributed by atoms with E-state index in [1.54, 1.807) is 0 Å². The van der Waals surface area contributed by atoms with Crippen molar-refractivity contribution in [2.24, 2.45) is 5.73 Å². The highest BCUT2D eigenvalue weighted by Gasteiger charge is 2.06. The van der Waals surface area contributed by atoms with E-state index in [-0.39, 0.29) is 0 Å². The summed E-state index contributed by atoms with van der Waals surface area (Å²) in [5.41, 5.74) is 8.11. The quantitative estimate of drug-likeness (QED) is 0.870. The molecule has 0 aliphatic rings. The Balaban J connectivity index is 2.11. The molecular weight excluding hydrogens is 256 g/mol. The van der Waals surface area contributed by atoms with Gasteiger partial charge in [-0.2, -0.15) is 0 Å². The minimum Gasteiger partial charge on any atom is -0.367 e. The van der Waals surface area contributed by atoms with Gasteiger partial charge in [-0.15, -0.1) is 0 Å². The van der Waals surface area contributed by atoms with Crippen LogP contribution in [0.5, 0.6) is 0 Å². The third-order valence-corrected chi connectivity index (χ3v) is 3.29. The minimum absolute atomic E-state index is 0.712. The van der Waals surface area contributed by atoms with E-state index in [1.165, 1.54) is 11.3 Å². The molecule has 0 aliphatic carbocycles. The zero-order valence-corrected chi connectivity index (χ0v) is 11.7. The molecule has 19 heavy (non-hydrogen) atoms. The average molecular weight is 275 g/mol. The highest BCUT2D eigenvalue weighted by molar-refractivity contribution is 6.30. The summed E-state index contributed by atoms with van der Waals surface area (Å²) in [6.07, 6.45) is 0.989. The molecule has 2 N–H and O–H groups in total. The van der Waals surface area contributed by atoms with Crippen LogP contribution in [0.25, 0.3) is 0 Å². The van der Waals surface area contributed by atoms with Crippen molar-refractivity contribution >= 4 is 17.3 Å². The molecule has 0 unspecified atom stereocenters. The van der Waals surface area contributed by atoms with Crippen molar-refractivity contribution in [3.63, 3.8) is 0 Å². The van der Waals surface area contributed by atoms with Gasteiger partial charge >= 0.3 is 0 Å². The van der Waals surface area contributed by atoms with Gasteiger partial charge < -0.3 is 10.6 Å². The molecule has 0 radical (unpaired) electrons. The van der Waals surface area contributed by atoms with Crippen LogP contribution in [0.3, 0.4) is 0 Å². The van der Waals surface area contributed by atoms with E-state index in [0.29, 0.717) is 6.54 Å². The van der Waals surface area contributed by atoms with E-state index in [0.717, 1.165) is 24.5 Å². The van der Waals surface area contributed by atoms with Gasteiger partial charge in [0.05, 0.1) is 0 Å². The lowest BCUT2D eigenvalue weighted by Crippen LogP contribution is -2.25. The van der Waals surface area contributed by atoms with Gasteiger partial charge in [-0.05, 0) is 42.8 Å². The van der Waals surface area contributed by atoms with Crippen LogP contribution >= 0.6 is 11.6 Å². The Bertz CT molecular complexity index is 482. The molecule has 0 spiro atoms. The van der Waals surface area contributed by atoms with Crippen LogP contribution in [0.2, 0.25) is 5.02 Å². The summed E-state index contributed by atoms with van der Waals surface area (Å²) in [6, 6.07) is 18.4. The molecule has 2 nitrogen and oxygen atoms in total. The molecule has 0 aromatic heterocycles. The fourth-order valence-corrected chi connectivity index (χ4v) is 2.16. The summed E-state index contributed by atoms with van der Waals surface area (Å²) < 4.78 is 0. The summed E-state index contributed by atoms with van der Waals surface area (Å²) in [5, 5.41) is 0.775. The van der Waals surface area contributed by atoms with Gasteiger partial charge in [0.15, 0.2) is 0 Å². The normalized spacial score (nSPS) is 10.4. The first-order valence-corrected chi connectivity index (χ1v) is 6.92. The Labute approximate surface area is 119 Å². The average Bonchev–Trinajstić information content (AvgIpc) is 2.46. The SMILES string of the molecule is NCCCN(Cc1ccc(Cl)cc1)c1ccccc1. The van der Waals surface area contributed by atoms with Crippen molar-refractivity contribution in [1.82, 2.24) is 0 Å². The Morgan fingerprint density at radius 3 is 2.26 bits per heavy atom. The molecule has 2 aromatic rings. The molecule has 2 rings (SSSR count). The van der Waals surface area contributed by atoms with Crippen LogP contribution in [-0.4, -0.2) is 13.1 Å². The third-order valence-electron chi connectivity index (χ3n) is 3.04. The maximum absolute atomic E-state index is 5.92. The molecular formula is C16H19ClN2. The van der Waals surface area contributed by atoms with Gasteiger partial charge in [-0.1, -0.05) is 41.9 Å². The summed E-state index contributed by atoms with van der Waals surface area (Å²) in [7, 11) is 0. The predicted octanol–water partition coefficient (Wildman–Crippen LogP) is 3.70. The highest BCUT2D eigenvalue weighted by Crippen LogP contribution is 2.18. The fourth-order valence-electron chi connectivity index (χ4n) is 2.03. The van der Waals surface area contributed by atoms with Gasteiger partial charge in [0.25, 0.3) is 0 Å². The molecule has 0 heterocycles. The smallest absolute Gasteiger partial charge is 0.0429 e. The van der Waals surface area contributed by atoms with Gasteiger partial charge in [0, 0.05) is 23.8 Å². The van der Waals surface area contributed by atoms with Crippen molar-refractivity contribution in [3.8, 4) is 0 Å². The molecule has 0 aliphatic heterocycles. The number of rotatable bonds is 6. The van der Waals surface area contributed by atoms with Crippen LogP contribution < -0.4 is 10.6 Å². The van der Waals surface area contributed by atoms with E-state index in [9.17, 15) is 0 Å². The van der Waals surface area contributed by atoms with Crippen molar-refractivity contribution < 1.29 is 0 Å². The zero-order valence-electron chi connectivity index (χ0n) is 10.9. The van der Waals surface area contributed by atoms with E-state index >= 15 is 0 Å². The van der Waals surface area contributed by atoms with Crippen LogP contribution in [-0.2, 0) is 6.54 Å². The second-order valence-electron chi connectivity index (χ2n) is 4.53. The van der Waals surface area contributed by atoms with E-state index < -0.39 is 0 Å². The van der Waals surface area contributed by atoms with Crippen LogP contribution in [0, 0.1) is 0 Å². The van der Waals surface area contributed by atoms with Gasteiger partial charge in [-0.25, -0.2) is 0 Å². The van der Waals surface area contributed by atoms with Crippen LogP contribution in [0.1, 0.15) is 12.0 Å². The van der Waals surface area contributed by atoms with Gasteiger partial charge in [0.2, 0.25) is 0 Å². The van der Waals surface area contributed by atoms with Crippen molar-refractivity contribution in [2.75, 3.05) is 18.0 Å². The fraction of sp³-hybridized carbons (Fsp3) is 0.250. The number of nitrogens with two attached hydrogens (primary N) is 1. The number of para-hydroxylation sites is 1. The lowest BCUT2D eigenvalue weighted by Gasteiger charge is -2.25. The molecule has 0 saturated carbocycles.